The minimum Gasteiger partial charge on any atom is -0.499 e. The molecule has 0 amide bonds. The van der Waals surface area contributed by atoms with Crippen LogP contribution in [0.1, 0.15) is 0 Å². The second-order valence-electron chi connectivity index (χ2n) is 5.75. The van der Waals surface area contributed by atoms with Crippen LogP contribution in [0.25, 0.3) is 32.6 Å². The predicted octanol–water partition coefficient (Wildman–Crippen LogP) is 3.33. The van der Waals surface area contributed by atoms with Crippen molar-refractivity contribution in [3.8, 4) is 0 Å². The second kappa shape index (κ2) is 7.74. The molecule has 0 saturated heterocycles. The minimum absolute atomic E-state index is 0. The van der Waals surface area contributed by atoms with Gasteiger partial charge in [0.25, 0.3) is 11.5 Å². The number of cyclic esters (lactones) is 2. The van der Waals surface area contributed by atoms with Crippen LogP contribution in [0.3, 0.4) is 0 Å². The van der Waals surface area contributed by atoms with Crippen molar-refractivity contribution in [2.75, 3.05) is 0 Å². The third-order valence-corrected chi connectivity index (χ3v) is 4.12. The Morgan fingerprint density at radius 1 is 0.679 bits per heavy atom. The SMILES string of the molecule is O=C1OC(=O)C(O)=C1O.[Pt].c1cnc2c(c1)ccc1ccc3cccnc3c12. The van der Waals surface area contributed by atoms with Crippen LogP contribution >= 0.6 is 0 Å². The summed E-state index contributed by atoms with van der Waals surface area (Å²) in [6.07, 6.45) is 3.67. The van der Waals surface area contributed by atoms with Crippen molar-refractivity contribution in [1.82, 2.24) is 9.97 Å². The molecule has 3 heterocycles. The van der Waals surface area contributed by atoms with Crippen LogP contribution in [0.4, 0.5) is 0 Å². The van der Waals surface area contributed by atoms with Gasteiger partial charge < -0.3 is 14.9 Å². The largest absolute Gasteiger partial charge is 0.499 e. The maximum atomic E-state index is 10.1. The average Bonchev–Trinajstić information content (AvgIpc) is 2.93. The first-order chi connectivity index (χ1) is 13.1. The van der Waals surface area contributed by atoms with Crippen LogP contribution in [0.15, 0.2) is 72.4 Å². The number of ether oxygens (including phenoxy) is 1. The first-order valence-corrected chi connectivity index (χ1v) is 7.96. The summed E-state index contributed by atoms with van der Waals surface area (Å²) in [4.78, 5) is 29.2. The smallest absolute Gasteiger partial charge is 0.385 e. The van der Waals surface area contributed by atoms with Gasteiger partial charge >= 0.3 is 11.9 Å². The van der Waals surface area contributed by atoms with E-state index in [0.717, 1.165) is 27.2 Å². The van der Waals surface area contributed by atoms with E-state index in [1.807, 2.05) is 24.5 Å². The summed E-state index contributed by atoms with van der Waals surface area (Å²) in [5.41, 5.74) is 2.05. The van der Waals surface area contributed by atoms with Crippen molar-refractivity contribution in [3.05, 3.63) is 72.4 Å². The Balaban J connectivity index is 0.000000193. The summed E-state index contributed by atoms with van der Waals surface area (Å²) in [7, 11) is 0. The van der Waals surface area contributed by atoms with Gasteiger partial charge in [-0.25, -0.2) is 9.59 Å². The topological polar surface area (TPSA) is 110 Å². The molecular formula is C20H12N2O5Pt. The molecule has 1 aliphatic rings. The molecular weight excluding hydrogens is 543 g/mol. The standard InChI is InChI=1S/C16H10N2.C4H2O5.Pt/c1-3-12-7-5-11-6-8-13-4-2-10-18-16(13)14(11)15(12)17-9-1;5-1-2(6)4(8)9-3(1)7;/h1-10H;5-6H;. The molecule has 8 heteroatoms. The molecule has 0 atom stereocenters. The van der Waals surface area contributed by atoms with Crippen LogP contribution in [-0.2, 0) is 35.4 Å². The Bertz CT molecular complexity index is 1180. The van der Waals surface area contributed by atoms with Gasteiger partial charge in [-0.3, -0.25) is 9.97 Å². The molecule has 2 aromatic heterocycles. The molecule has 0 radical (unpaired) electrons. The normalized spacial score (nSPS) is 13.3. The van der Waals surface area contributed by atoms with E-state index in [1.54, 1.807) is 0 Å². The van der Waals surface area contributed by atoms with E-state index in [1.165, 1.54) is 5.39 Å². The number of hydrogen-bond donors (Lipinski definition) is 2. The van der Waals surface area contributed by atoms with Crippen molar-refractivity contribution in [3.63, 3.8) is 0 Å². The van der Waals surface area contributed by atoms with Gasteiger partial charge in [0.05, 0.1) is 11.0 Å². The molecule has 28 heavy (non-hydrogen) atoms. The summed E-state index contributed by atoms with van der Waals surface area (Å²) in [6, 6.07) is 16.6. The molecule has 4 aromatic rings. The number of aromatic nitrogens is 2. The van der Waals surface area contributed by atoms with Gasteiger partial charge in [-0.2, -0.15) is 0 Å². The Morgan fingerprint density at radius 3 is 1.50 bits per heavy atom. The number of carbonyl (C=O) groups is 2. The Kier molecular flexibility index (Phi) is 5.38. The van der Waals surface area contributed by atoms with E-state index in [-0.39, 0.29) is 21.1 Å². The number of fused-ring (bicyclic) bond motifs is 5. The second-order valence-corrected chi connectivity index (χ2v) is 5.75. The number of benzene rings is 2. The van der Waals surface area contributed by atoms with Gasteiger partial charge in [0.1, 0.15) is 0 Å². The predicted molar refractivity (Wildman–Crippen MR) is 97.9 cm³/mol. The van der Waals surface area contributed by atoms with Crippen molar-refractivity contribution in [2.24, 2.45) is 0 Å². The third-order valence-electron chi connectivity index (χ3n) is 4.12. The monoisotopic (exact) mass is 555 g/mol. The van der Waals surface area contributed by atoms with E-state index in [0.29, 0.717) is 0 Å². The number of nitrogens with zero attached hydrogens (tertiary/aromatic N) is 2. The summed E-state index contributed by atoms with van der Waals surface area (Å²) in [5, 5.41) is 21.4. The van der Waals surface area contributed by atoms with Gasteiger partial charge in [-0.1, -0.05) is 36.4 Å². The van der Waals surface area contributed by atoms with Gasteiger partial charge in [-0.15, -0.1) is 0 Å². The Morgan fingerprint density at radius 2 is 1.11 bits per heavy atom. The number of esters is 2. The van der Waals surface area contributed by atoms with Crippen molar-refractivity contribution in [1.29, 1.82) is 0 Å². The summed E-state index contributed by atoms with van der Waals surface area (Å²) in [5.74, 6) is -4.48. The molecule has 0 aliphatic carbocycles. The fourth-order valence-corrected chi connectivity index (χ4v) is 2.86. The molecule has 0 fully saturated rings. The summed E-state index contributed by atoms with van der Waals surface area (Å²) < 4.78 is 3.73. The van der Waals surface area contributed by atoms with Gasteiger partial charge in [-0.05, 0) is 17.5 Å². The first-order valence-electron chi connectivity index (χ1n) is 7.96. The molecule has 142 valence electrons. The van der Waals surface area contributed by atoms with Crippen molar-refractivity contribution < 1.29 is 45.6 Å². The van der Waals surface area contributed by atoms with Gasteiger partial charge in [0, 0.05) is 49.6 Å². The molecule has 2 N–H and O–H groups in total. The quantitative estimate of drug-likeness (QED) is 0.195. The zero-order valence-electron chi connectivity index (χ0n) is 14.1. The molecule has 1 aliphatic heterocycles. The molecule has 0 unspecified atom stereocenters. The first kappa shape index (κ1) is 19.4. The maximum Gasteiger partial charge on any atom is 0.385 e. The molecule has 0 bridgehead atoms. The molecule has 2 aromatic carbocycles. The fourth-order valence-electron chi connectivity index (χ4n) is 2.86. The van der Waals surface area contributed by atoms with Crippen molar-refractivity contribution >= 4 is 44.5 Å². The van der Waals surface area contributed by atoms with E-state index < -0.39 is 23.5 Å². The van der Waals surface area contributed by atoms with Crippen LogP contribution in [0.2, 0.25) is 0 Å². The van der Waals surface area contributed by atoms with Crippen LogP contribution < -0.4 is 0 Å². The van der Waals surface area contributed by atoms with Crippen LogP contribution in [-0.4, -0.2) is 32.1 Å². The summed E-state index contributed by atoms with van der Waals surface area (Å²) in [6.45, 7) is 0. The number of hydrogen-bond acceptors (Lipinski definition) is 7. The van der Waals surface area contributed by atoms with E-state index in [9.17, 15) is 9.59 Å². The number of aliphatic hydroxyl groups is 2. The Hall–Kier alpha value is -3.31. The fraction of sp³-hybridized carbons (Fsp3) is 0. The minimum atomic E-state index is -1.21. The maximum absolute atomic E-state index is 10.1. The van der Waals surface area contributed by atoms with Gasteiger partial charge in [0.2, 0.25) is 0 Å². The zero-order chi connectivity index (χ0) is 19.0. The number of pyridine rings is 2. The van der Waals surface area contributed by atoms with E-state index >= 15 is 0 Å². The third kappa shape index (κ3) is 3.32. The summed E-state index contributed by atoms with van der Waals surface area (Å²) >= 11 is 0. The van der Waals surface area contributed by atoms with Gasteiger partial charge in [0.15, 0.2) is 0 Å². The molecule has 0 spiro atoms. The van der Waals surface area contributed by atoms with E-state index in [2.05, 4.69) is 51.1 Å². The number of rotatable bonds is 0. The molecule has 7 nitrogen and oxygen atoms in total. The van der Waals surface area contributed by atoms with Crippen LogP contribution in [0, 0.1) is 0 Å². The number of aliphatic hydroxyl groups excluding tert-OH is 2. The van der Waals surface area contributed by atoms with E-state index in [4.69, 9.17) is 10.2 Å². The Labute approximate surface area is 172 Å². The average molecular weight is 555 g/mol. The molecule has 0 saturated carbocycles. The zero-order valence-corrected chi connectivity index (χ0v) is 16.4. The van der Waals surface area contributed by atoms with Crippen LogP contribution in [0.5, 0.6) is 0 Å². The van der Waals surface area contributed by atoms with Crippen molar-refractivity contribution in [2.45, 2.75) is 0 Å². The molecule has 5 rings (SSSR count). The number of carbonyl (C=O) groups excluding carboxylic acids is 2.